The zero-order valence-electron chi connectivity index (χ0n) is 12.1. The minimum absolute atomic E-state index is 0.241. The summed E-state index contributed by atoms with van der Waals surface area (Å²) in [5.74, 6) is 0.601. The molecule has 1 heterocycles. The molecule has 2 heteroatoms. The topological polar surface area (TPSA) is 6.48 Å². The smallest absolute Gasteiger partial charge is 0.0165 e. The molecule has 1 saturated heterocycles. The Labute approximate surface area is 101 Å². The van der Waals surface area contributed by atoms with Gasteiger partial charge in [-0.05, 0) is 41.0 Å². The second-order valence-corrected chi connectivity index (χ2v) is 6.88. The largest absolute Gasteiger partial charge is 0.381 e. The van der Waals surface area contributed by atoms with Crippen LogP contribution in [0.25, 0.3) is 0 Å². The predicted octanol–water partition coefficient (Wildman–Crippen LogP) is 2.96. The van der Waals surface area contributed by atoms with Crippen LogP contribution in [0.4, 0.5) is 0 Å². The van der Waals surface area contributed by atoms with E-state index in [1.54, 1.807) is 0 Å². The number of nitrogens with zero attached hydrogens (tertiary/aromatic N) is 2. The van der Waals surface area contributed by atoms with Gasteiger partial charge in [0.1, 0.15) is 0 Å². The van der Waals surface area contributed by atoms with Crippen LogP contribution in [0, 0.1) is 5.92 Å². The fraction of sp³-hybridized carbons (Fsp3) is 0.857. The van der Waals surface area contributed by atoms with Crippen LogP contribution in [-0.4, -0.2) is 41.5 Å². The first-order chi connectivity index (χ1) is 7.05. The molecule has 0 saturated carbocycles. The summed E-state index contributed by atoms with van der Waals surface area (Å²) < 4.78 is 0. The van der Waals surface area contributed by atoms with Gasteiger partial charge in [0.05, 0.1) is 0 Å². The molecule has 1 fully saturated rings. The molecule has 0 aliphatic carbocycles. The van der Waals surface area contributed by atoms with Crippen molar-refractivity contribution in [2.75, 3.05) is 20.6 Å². The maximum Gasteiger partial charge on any atom is 0.0165 e. The average Bonchev–Trinajstić information content (AvgIpc) is 2.38. The van der Waals surface area contributed by atoms with Crippen molar-refractivity contribution in [1.82, 2.24) is 9.80 Å². The Kier molecular flexibility index (Phi) is 3.45. The van der Waals surface area contributed by atoms with Crippen LogP contribution in [0.15, 0.2) is 12.3 Å². The molecule has 2 nitrogen and oxygen atoms in total. The van der Waals surface area contributed by atoms with E-state index in [0.29, 0.717) is 5.92 Å². The Morgan fingerprint density at radius 2 is 1.81 bits per heavy atom. The van der Waals surface area contributed by atoms with Crippen molar-refractivity contribution in [1.29, 1.82) is 0 Å². The Morgan fingerprint density at radius 1 is 1.31 bits per heavy atom. The lowest BCUT2D eigenvalue weighted by molar-refractivity contribution is 0.0672. The molecule has 1 rings (SSSR count). The quantitative estimate of drug-likeness (QED) is 0.711. The van der Waals surface area contributed by atoms with E-state index in [4.69, 9.17) is 0 Å². The summed E-state index contributed by atoms with van der Waals surface area (Å²) in [6, 6.07) is 0. The van der Waals surface area contributed by atoms with E-state index in [9.17, 15) is 0 Å². The molecule has 0 radical (unpaired) electrons. The van der Waals surface area contributed by atoms with Gasteiger partial charge in [-0.15, -0.1) is 0 Å². The monoisotopic (exact) mass is 224 g/mol. The molecule has 0 N–H and O–H groups in total. The van der Waals surface area contributed by atoms with Gasteiger partial charge in [-0.3, -0.25) is 4.90 Å². The number of hydrogen-bond donors (Lipinski definition) is 0. The maximum absolute atomic E-state index is 4.22. The fourth-order valence-electron chi connectivity index (χ4n) is 3.02. The Balaban J connectivity index is 2.84. The van der Waals surface area contributed by atoms with E-state index in [1.165, 1.54) is 12.1 Å². The van der Waals surface area contributed by atoms with Gasteiger partial charge in [-0.2, -0.15) is 0 Å². The first-order valence-electron chi connectivity index (χ1n) is 6.19. The summed E-state index contributed by atoms with van der Waals surface area (Å²) in [7, 11) is 4.18. The molecule has 0 amide bonds. The normalized spacial score (nSPS) is 25.8. The fourth-order valence-corrected chi connectivity index (χ4v) is 3.02. The summed E-state index contributed by atoms with van der Waals surface area (Å²) in [4.78, 5) is 4.77. The molecule has 1 unspecified atom stereocenters. The van der Waals surface area contributed by atoms with Gasteiger partial charge in [0.15, 0.2) is 0 Å². The van der Waals surface area contributed by atoms with Crippen molar-refractivity contribution < 1.29 is 0 Å². The molecule has 16 heavy (non-hydrogen) atoms. The molecule has 1 aliphatic heterocycles. The third-order valence-corrected chi connectivity index (χ3v) is 3.74. The molecule has 94 valence electrons. The van der Waals surface area contributed by atoms with Crippen molar-refractivity contribution in [3.8, 4) is 0 Å². The molecular formula is C14H28N2. The summed E-state index contributed by atoms with van der Waals surface area (Å²) in [5, 5.41) is 0. The Bertz CT molecular complexity index is 271. The van der Waals surface area contributed by atoms with Gasteiger partial charge >= 0.3 is 0 Å². The van der Waals surface area contributed by atoms with E-state index in [-0.39, 0.29) is 11.1 Å². The zero-order chi connectivity index (χ0) is 12.7. The van der Waals surface area contributed by atoms with E-state index in [1.807, 2.05) is 0 Å². The number of hydrogen-bond acceptors (Lipinski definition) is 2. The van der Waals surface area contributed by atoms with Crippen molar-refractivity contribution in [2.45, 2.75) is 52.1 Å². The summed E-state index contributed by atoms with van der Waals surface area (Å²) in [6.45, 7) is 17.0. The summed E-state index contributed by atoms with van der Waals surface area (Å²) in [5.41, 5.74) is 1.78. The standard InChI is InChI=1S/C14H28N2/c1-11(15(7)8)12-9-14(5,6)16(10-12)13(2,3)4/h12H,1,9-10H2,2-8H3. The molecule has 1 aliphatic rings. The lowest BCUT2D eigenvalue weighted by atomic mass is 9.92. The Hall–Kier alpha value is -0.500. The van der Waals surface area contributed by atoms with Crippen LogP contribution in [0.1, 0.15) is 41.0 Å². The summed E-state index contributed by atoms with van der Waals surface area (Å²) in [6.07, 6.45) is 1.21. The third kappa shape index (κ3) is 2.60. The minimum atomic E-state index is 0.241. The molecule has 0 aromatic heterocycles. The van der Waals surface area contributed by atoms with Crippen molar-refractivity contribution in [3.05, 3.63) is 12.3 Å². The predicted molar refractivity (Wildman–Crippen MR) is 71.5 cm³/mol. The molecule has 0 spiro atoms. The first-order valence-corrected chi connectivity index (χ1v) is 6.19. The second kappa shape index (κ2) is 4.06. The average molecular weight is 224 g/mol. The van der Waals surface area contributed by atoms with E-state index < -0.39 is 0 Å². The van der Waals surface area contributed by atoms with Crippen LogP contribution in [0.3, 0.4) is 0 Å². The van der Waals surface area contributed by atoms with Gasteiger partial charge in [0, 0.05) is 43.3 Å². The van der Waals surface area contributed by atoms with Gasteiger partial charge in [-0.25, -0.2) is 0 Å². The van der Waals surface area contributed by atoms with E-state index in [2.05, 4.69) is 65.1 Å². The number of rotatable bonds is 2. The highest BCUT2D eigenvalue weighted by Gasteiger charge is 2.44. The van der Waals surface area contributed by atoms with Crippen LogP contribution in [0.5, 0.6) is 0 Å². The highest BCUT2D eigenvalue weighted by molar-refractivity contribution is 5.09. The third-order valence-electron chi connectivity index (χ3n) is 3.74. The number of likely N-dealkylation sites (tertiary alicyclic amines) is 1. The molecule has 0 aromatic carbocycles. The van der Waals surface area contributed by atoms with Crippen molar-refractivity contribution in [2.24, 2.45) is 5.92 Å². The van der Waals surface area contributed by atoms with Gasteiger partial charge < -0.3 is 4.90 Å². The maximum atomic E-state index is 4.22. The summed E-state index contributed by atoms with van der Waals surface area (Å²) >= 11 is 0. The molecule has 1 atom stereocenters. The van der Waals surface area contributed by atoms with Crippen molar-refractivity contribution >= 4 is 0 Å². The van der Waals surface area contributed by atoms with Gasteiger partial charge in [0.25, 0.3) is 0 Å². The Morgan fingerprint density at radius 3 is 2.12 bits per heavy atom. The van der Waals surface area contributed by atoms with E-state index >= 15 is 0 Å². The van der Waals surface area contributed by atoms with Crippen LogP contribution in [0.2, 0.25) is 0 Å². The lowest BCUT2D eigenvalue weighted by Gasteiger charge is -2.42. The molecular weight excluding hydrogens is 196 g/mol. The zero-order valence-corrected chi connectivity index (χ0v) is 12.1. The van der Waals surface area contributed by atoms with E-state index in [0.717, 1.165) is 6.54 Å². The minimum Gasteiger partial charge on any atom is -0.381 e. The van der Waals surface area contributed by atoms with Crippen LogP contribution in [-0.2, 0) is 0 Å². The SMILES string of the molecule is C=C(C1CN(C(C)(C)C)C(C)(C)C1)N(C)C. The van der Waals surface area contributed by atoms with Gasteiger partial charge in [-0.1, -0.05) is 6.58 Å². The highest BCUT2D eigenvalue weighted by atomic mass is 15.3. The second-order valence-electron chi connectivity index (χ2n) is 6.88. The van der Waals surface area contributed by atoms with Crippen molar-refractivity contribution in [3.63, 3.8) is 0 Å². The highest BCUT2D eigenvalue weighted by Crippen LogP contribution is 2.40. The molecule has 0 bridgehead atoms. The lowest BCUT2D eigenvalue weighted by Crippen LogP contribution is -2.50. The molecule has 0 aromatic rings. The van der Waals surface area contributed by atoms with Crippen LogP contribution < -0.4 is 0 Å². The van der Waals surface area contributed by atoms with Gasteiger partial charge in [0.2, 0.25) is 0 Å². The van der Waals surface area contributed by atoms with Crippen LogP contribution >= 0.6 is 0 Å². The first kappa shape index (κ1) is 13.6.